The number of hydrogen-bond donors (Lipinski definition) is 1. The molecule has 0 aliphatic rings. The highest BCUT2D eigenvalue weighted by Crippen LogP contribution is 2.32. The first-order valence-corrected chi connectivity index (χ1v) is 8.22. The standard InChI is InChI=1S/C20H20F3NO3/c1-19(2,3)24-17(25)12-27-18(26)16-7-5-4-6-15(16)13-8-10-14(11-9-13)20(21,22)23/h4-11H,12H2,1-3H3,(H,24,25). The molecule has 0 aromatic heterocycles. The van der Waals surface area contributed by atoms with Gasteiger partial charge in [0.25, 0.3) is 5.91 Å². The lowest BCUT2D eigenvalue weighted by Crippen LogP contribution is -2.42. The van der Waals surface area contributed by atoms with E-state index in [-0.39, 0.29) is 5.56 Å². The van der Waals surface area contributed by atoms with Crippen LogP contribution >= 0.6 is 0 Å². The van der Waals surface area contributed by atoms with Crippen LogP contribution in [0.1, 0.15) is 36.7 Å². The molecular formula is C20H20F3NO3. The van der Waals surface area contributed by atoms with Crippen molar-refractivity contribution in [3.8, 4) is 11.1 Å². The highest BCUT2D eigenvalue weighted by atomic mass is 19.4. The Morgan fingerprint density at radius 2 is 1.56 bits per heavy atom. The molecule has 7 heteroatoms. The van der Waals surface area contributed by atoms with E-state index in [9.17, 15) is 22.8 Å². The van der Waals surface area contributed by atoms with Gasteiger partial charge < -0.3 is 10.1 Å². The molecule has 0 saturated carbocycles. The van der Waals surface area contributed by atoms with Crippen LogP contribution in [0.5, 0.6) is 0 Å². The largest absolute Gasteiger partial charge is 0.452 e. The summed E-state index contributed by atoms with van der Waals surface area (Å²) in [4.78, 5) is 24.1. The number of rotatable bonds is 4. The molecule has 0 unspecified atom stereocenters. The Balaban J connectivity index is 2.18. The number of amides is 1. The zero-order chi connectivity index (χ0) is 20.2. The van der Waals surface area contributed by atoms with Crippen molar-refractivity contribution in [3.63, 3.8) is 0 Å². The average Bonchev–Trinajstić information content (AvgIpc) is 2.57. The van der Waals surface area contributed by atoms with Crippen LogP contribution in [0.2, 0.25) is 0 Å². The van der Waals surface area contributed by atoms with Crippen molar-refractivity contribution in [2.45, 2.75) is 32.5 Å². The fraction of sp³-hybridized carbons (Fsp3) is 0.300. The summed E-state index contributed by atoms with van der Waals surface area (Å²) in [6.07, 6.45) is -4.43. The number of hydrogen-bond acceptors (Lipinski definition) is 3. The molecule has 0 heterocycles. The van der Waals surface area contributed by atoms with Crippen molar-refractivity contribution in [1.82, 2.24) is 5.32 Å². The van der Waals surface area contributed by atoms with E-state index >= 15 is 0 Å². The SMILES string of the molecule is CC(C)(C)NC(=O)COC(=O)c1ccccc1-c1ccc(C(F)(F)F)cc1. The van der Waals surface area contributed by atoms with Crippen LogP contribution in [0.4, 0.5) is 13.2 Å². The Bertz CT molecular complexity index is 822. The molecule has 2 aromatic carbocycles. The first kappa shape index (κ1) is 20.5. The lowest BCUT2D eigenvalue weighted by Gasteiger charge is -2.20. The van der Waals surface area contributed by atoms with Gasteiger partial charge in [0, 0.05) is 5.54 Å². The molecule has 27 heavy (non-hydrogen) atoms. The van der Waals surface area contributed by atoms with Gasteiger partial charge in [-0.25, -0.2) is 4.79 Å². The lowest BCUT2D eigenvalue weighted by molar-refractivity contribution is -0.137. The van der Waals surface area contributed by atoms with Gasteiger partial charge in [0.05, 0.1) is 11.1 Å². The van der Waals surface area contributed by atoms with E-state index < -0.39 is 35.8 Å². The van der Waals surface area contributed by atoms with Crippen molar-refractivity contribution >= 4 is 11.9 Å². The summed E-state index contributed by atoms with van der Waals surface area (Å²) in [7, 11) is 0. The molecule has 0 radical (unpaired) electrons. The van der Waals surface area contributed by atoms with E-state index in [1.165, 1.54) is 18.2 Å². The summed E-state index contributed by atoms with van der Waals surface area (Å²) in [5.41, 5.74) is -0.199. The number of benzene rings is 2. The summed E-state index contributed by atoms with van der Waals surface area (Å²) >= 11 is 0. The second-order valence-corrected chi connectivity index (χ2v) is 7.00. The Labute approximate surface area is 155 Å². The van der Waals surface area contributed by atoms with Gasteiger partial charge in [0.1, 0.15) is 0 Å². The molecule has 144 valence electrons. The van der Waals surface area contributed by atoms with E-state index in [1.807, 2.05) is 0 Å². The summed E-state index contributed by atoms with van der Waals surface area (Å²) in [6, 6.07) is 10.9. The molecule has 1 N–H and O–H groups in total. The molecule has 0 fully saturated rings. The third-order valence-electron chi connectivity index (χ3n) is 3.52. The van der Waals surface area contributed by atoms with Gasteiger partial charge in [-0.15, -0.1) is 0 Å². The number of esters is 1. The van der Waals surface area contributed by atoms with Crippen LogP contribution in [0.15, 0.2) is 48.5 Å². The highest BCUT2D eigenvalue weighted by Gasteiger charge is 2.30. The summed E-state index contributed by atoms with van der Waals surface area (Å²) in [5.74, 6) is -1.17. The molecule has 0 atom stereocenters. The number of carbonyl (C=O) groups excluding carboxylic acids is 2. The highest BCUT2D eigenvalue weighted by molar-refractivity contribution is 5.98. The maximum Gasteiger partial charge on any atom is 0.416 e. The van der Waals surface area contributed by atoms with Crippen LogP contribution in [-0.2, 0) is 15.7 Å². The normalized spacial score (nSPS) is 11.8. The molecule has 0 spiro atoms. The van der Waals surface area contributed by atoms with E-state index in [0.29, 0.717) is 11.1 Å². The van der Waals surface area contributed by atoms with E-state index in [1.54, 1.807) is 39.0 Å². The molecule has 0 saturated heterocycles. The molecule has 2 aromatic rings. The average molecular weight is 379 g/mol. The van der Waals surface area contributed by atoms with Crippen molar-refractivity contribution in [2.24, 2.45) is 0 Å². The van der Waals surface area contributed by atoms with Gasteiger partial charge in [0.15, 0.2) is 6.61 Å². The van der Waals surface area contributed by atoms with Gasteiger partial charge in [-0.2, -0.15) is 13.2 Å². The molecule has 0 aliphatic heterocycles. The quantitative estimate of drug-likeness (QED) is 0.799. The number of halogens is 3. The number of ether oxygens (including phenoxy) is 1. The van der Waals surface area contributed by atoms with Crippen molar-refractivity contribution < 1.29 is 27.5 Å². The minimum Gasteiger partial charge on any atom is -0.452 e. The van der Waals surface area contributed by atoms with Crippen LogP contribution in [0, 0.1) is 0 Å². The Morgan fingerprint density at radius 1 is 0.963 bits per heavy atom. The molecule has 2 rings (SSSR count). The maximum atomic E-state index is 12.7. The number of nitrogens with one attached hydrogen (secondary N) is 1. The first-order chi connectivity index (χ1) is 12.5. The predicted octanol–water partition coefficient (Wildman–Crippen LogP) is 4.44. The number of alkyl halides is 3. The van der Waals surface area contributed by atoms with E-state index in [0.717, 1.165) is 12.1 Å². The third kappa shape index (κ3) is 5.84. The van der Waals surface area contributed by atoms with Gasteiger partial charge >= 0.3 is 12.1 Å². The van der Waals surface area contributed by atoms with E-state index in [4.69, 9.17) is 4.74 Å². The fourth-order valence-corrected chi connectivity index (χ4v) is 2.41. The monoisotopic (exact) mass is 379 g/mol. The van der Waals surface area contributed by atoms with E-state index in [2.05, 4.69) is 5.32 Å². The van der Waals surface area contributed by atoms with Crippen LogP contribution in [0.25, 0.3) is 11.1 Å². The van der Waals surface area contributed by atoms with Crippen LogP contribution in [0.3, 0.4) is 0 Å². The zero-order valence-corrected chi connectivity index (χ0v) is 15.2. The second-order valence-electron chi connectivity index (χ2n) is 7.00. The fourth-order valence-electron chi connectivity index (χ4n) is 2.41. The predicted molar refractivity (Wildman–Crippen MR) is 95.1 cm³/mol. The Kier molecular flexibility index (Phi) is 5.93. The van der Waals surface area contributed by atoms with Gasteiger partial charge in [-0.3, -0.25) is 4.79 Å². The molecule has 0 bridgehead atoms. The Morgan fingerprint density at radius 3 is 2.11 bits per heavy atom. The lowest BCUT2D eigenvalue weighted by atomic mass is 9.98. The van der Waals surface area contributed by atoms with Crippen molar-refractivity contribution in [3.05, 3.63) is 59.7 Å². The smallest absolute Gasteiger partial charge is 0.416 e. The van der Waals surface area contributed by atoms with Gasteiger partial charge in [-0.05, 0) is 50.1 Å². The van der Waals surface area contributed by atoms with Crippen molar-refractivity contribution in [1.29, 1.82) is 0 Å². The summed E-state index contributed by atoms with van der Waals surface area (Å²) < 4.78 is 43.2. The van der Waals surface area contributed by atoms with Crippen LogP contribution < -0.4 is 5.32 Å². The number of carbonyl (C=O) groups is 2. The summed E-state index contributed by atoms with van der Waals surface area (Å²) in [6.45, 7) is 4.95. The maximum absolute atomic E-state index is 12.7. The summed E-state index contributed by atoms with van der Waals surface area (Å²) in [5, 5.41) is 2.67. The molecule has 1 amide bonds. The Hall–Kier alpha value is -2.83. The zero-order valence-electron chi connectivity index (χ0n) is 15.2. The topological polar surface area (TPSA) is 55.4 Å². The van der Waals surface area contributed by atoms with Crippen LogP contribution in [-0.4, -0.2) is 24.0 Å². The minimum atomic E-state index is -4.43. The van der Waals surface area contributed by atoms with Gasteiger partial charge in [0.2, 0.25) is 0 Å². The molecule has 4 nitrogen and oxygen atoms in total. The minimum absolute atomic E-state index is 0.167. The van der Waals surface area contributed by atoms with Crippen molar-refractivity contribution in [2.75, 3.05) is 6.61 Å². The molecular weight excluding hydrogens is 359 g/mol. The van der Waals surface area contributed by atoms with Gasteiger partial charge in [-0.1, -0.05) is 30.3 Å². The molecule has 0 aliphatic carbocycles. The second kappa shape index (κ2) is 7.82. The third-order valence-corrected chi connectivity index (χ3v) is 3.52. The first-order valence-electron chi connectivity index (χ1n) is 8.22.